The Bertz CT molecular complexity index is 709. The normalized spacial score (nSPS) is 10.5. The van der Waals surface area contributed by atoms with Gasteiger partial charge < -0.3 is 10.5 Å². The molecule has 106 valence electrons. The van der Waals surface area contributed by atoms with Crippen molar-refractivity contribution >= 4 is 0 Å². The summed E-state index contributed by atoms with van der Waals surface area (Å²) in [6, 6.07) is 17.6. The zero-order chi connectivity index (χ0) is 14.5. The molecular formula is C16H16N4O. The van der Waals surface area contributed by atoms with Gasteiger partial charge >= 0.3 is 0 Å². The van der Waals surface area contributed by atoms with E-state index >= 15 is 0 Å². The van der Waals surface area contributed by atoms with Crippen LogP contribution in [0.3, 0.4) is 0 Å². The molecule has 2 aromatic carbocycles. The first-order valence-electron chi connectivity index (χ1n) is 6.78. The summed E-state index contributed by atoms with van der Waals surface area (Å²) in [5.41, 5.74) is 7.32. The summed E-state index contributed by atoms with van der Waals surface area (Å²) in [6.07, 6.45) is 1.70. The van der Waals surface area contributed by atoms with Gasteiger partial charge in [0.05, 0.1) is 11.3 Å². The maximum absolute atomic E-state index is 5.64. The first-order valence-corrected chi connectivity index (χ1v) is 6.78. The average Bonchev–Trinajstić information content (AvgIpc) is 3.04. The molecule has 1 aromatic heterocycles. The highest BCUT2D eigenvalue weighted by Crippen LogP contribution is 2.27. The molecule has 5 heteroatoms. The van der Waals surface area contributed by atoms with Crippen molar-refractivity contribution in [3.05, 3.63) is 60.9 Å². The van der Waals surface area contributed by atoms with Gasteiger partial charge in [-0.2, -0.15) is 0 Å². The third kappa shape index (κ3) is 2.93. The molecule has 0 fully saturated rings. The third-order valence-electron chi connectivity index (χ3n) is 3.02. The van der Waals surface area contributed by atoms with E-state index in [1.807, 2.05) is 54.6 Å². The number of nitrogens with two attached hydrogens (primary N) is 1. The Morgan fingerprint density at radius 2 is 1.76 bits per heavy atom. The fourth-order valence-electron chi connectivity index (χ4n) is 2.04. The van der Waals surface area contributed by atoms with Gasteiger partial charge in [0.2, 0.25) is 0 Å². The summed E-state index contributed by atoms with van der Waals surface area (Å²) in [5, 5.41) is 4.51. The molecule has 0 spiro atoms. The Morgan fingerprint density at radius 3 is 2.57 bits per heavy atom. The van der Waals surface area contributed by atoms with E-state index in [1.165, 1.54) is 0 Å². The van der Waals surface area contributed by atoms with Crippen LogP contribution in [-0.4, -0.2) is 27.9 Å². The molecule has 2 N–H and O–H groups in total. The second-order valence-corrected chi connectivity index (χ2v) is 4.48. The number of hydrogen-bond donors (Lipinski definition) is 1. The zero-order valence-electron chi connectivity index (χ0n) is 11.5. The molecule has 5 nitrogen and oxygen atoms in total. The largest absolute Gasteiger partial charge is 0.492 e. The van der Waals surface area contributed by atoms with E-state index in [2.05, 4.69) is 10.1 Å². The molecule has 0 bridgehead atoms. The molecule has 0 aliphatic rings. The van der Waals surface area contributed by atoms with Crippen LogP contribution < -0.4 is 10.5 Å². The molecular weight excluding hydrogens is 264 g/mol. The Kier molecular flexibility index (Phi) is 3.93. The maximum Gasteiger partial charge on any atom is 0.185 e. The van der Waals surface area contributed by atoms with Gasteiger partial charge in [0.25, 0.3) is 0 Å². The van der Waals surface area contributed by atoms with Gasteiger partial charge in [-0.15, -0.1) is 5.10 Å². The number of para-hydroxylation sites is 2. The topological polar surface area (TPSA) is 66.0 Å². The number of ether oxygens (including phenoxy) is 1. The van der Waals surface area contributed by atoms with Crippen LogP contribution in [0.25, 0.3) is 17.1 Å². The van der Waals surface area contributed by atoms with Crippen molar-refractivity contribution in [2.45, 2.75) is 0 Å². The van der Waals surface area contributed by atoms with Gasteiger partial charge in [0, 0.05) is 6.54 Å². The van der Waals surface area contributed by atoms with Gasteiger partial charge in [-0.3, -0.25) is 0 Å². The first-order chi connectivity index (χ1) is 10.4. The molecule has 0 atom stereocenters. The average molecular weight is 280 g/mol. The molecule has 1 heterocycles. The van der Waals surface area contributed by atoms with Gasteiger partial charge in [-0.05, 0) is 24.3 Å². The monoisotopic (exact) mass is 280 g/mol. The predicted molar refractivity (Wildman–Crippen MR) is 81.3 cm³/mol. The number of rotatable bonds is 5. The summed E-state index contributed by atoms with van der Waals surface area (Å²) >= 11 is 0. The summed E-state index contributed by atoms with van der Waals surface area (Å²) < 4.78 is 7.39. The Hall–Kier alpha value is -2.66. The van der Waals surface area contributed by atoms with E-state index in [1.54, 1.807) is 11.0 Å². The van der Waals surface area contributed by atoms with Crippen molar-refractivity contribution in [2.24, 2.45) is 5.73 Å². The predicted octanol–water partition coefficient (Wildman–Crippen LogP) is 2.27. The van der Waals surface area contributed by atoms with Crippen LogP contribution in [0.2, 0.25) is 0 Å². The van der Waals surface area contributed by atoms with E-state index in [4.69, 9.17) is 10.5 Å². The molecule has 0 unspecified atom stereocenters. The van der Waals surface area contributed by atoms with Gasteiger partial charge in [0.1, 0.15) is 18.7 Å². The van der Waals surface area contributed by atoms with Crippen molar-refractivity contribution in [2.75, 3.05) is 13.2 Å². The van der Waals surface area contributed by atoms with E-state index in [0.717, 1.165) is 17.0 Å². The molecule has 0 aliphatic heterocycles. The number of aromatic nitrogens is 3. The number of benzene rings is 2. The summed E-state index contributed by atoms with van der Waals surface area (Å²) in [4.78, 5) is 4.37. The summed E-state index contributed by atoms with van der Waals surface area (Å²) in [5.74, 6) is 1.38. The molecule has 0 aliphatic carbocycles. The Labute approximate surface area is 123 Å². The highest BCUT2D eigenvalue weighted by molar-refractivity contribution is 5.63. The van der Waals surface area contributed by atoms with Gasteiger partial charge in [-0.25, -0.2) is 9.67 Å². The fourth-order valence-corrected chi connectivity index (χ4v) is 2.04. The minimum atomic E-state index is 0.469. The first kappa shape index (κ1) is 13.3. The van der Waals surface area contributed by atoms with Crippen LogP contribution in [0.4, 0.5) is 0 Å². The molecule has 0 amide bonds. The molecule has 21 heavy (non-hydrogen) atoms. The van der Waals surface area contributed by atoms with E-state index in [-0.39, 0.29) is 0 Å². The van der Waals surface area contributed by atoms with E-state index in [0.29, 0.717) is 19.0 Å². The molecule has 3 aromatic rings. The SMILES string of the molecule is NCCOc1ccccc1-c1ncn(-c2ccccc2)n1. The fraction of sp³-hybridized carbons (Fsp3) is 0.125. The molecule has 0 radical (unpaired) electrons. The second kappa shape index (κ2) is 6.19. The summed E-state index contributed by atoms with van der Waals surface area (Å²) in [7, 11) is 0. The molecule has 0 saturated heterocycles. The number of nitrogens with zero attached hydrogens (tertiary/aromatic N) is 3. The van der Waals surface area contributed by atoms with E-state index in [9.17, 15) is 0 Å². The highest BCUT2D eigenvalue weighted by Gasteiger charge is 2.10. The van der Waals surface area contributed by atoms with Crippen molar-refractivity contribution in [3.63, 3.8) is 0 Å². The van der Waals surface area contributed by atoms with Crippen molar-refractivity contribution < 1.29 is 4.74 Å². The van der Waals surface area contributed by atoms with Crippen LogP contribution in [0.15, 0.2) is 60.9 Å². The third-order valence-corrected chi connectivity index (χ3v) is 3.02. The van der Waals surface area contributed by atoms with Gasteiger partial charge in [-0.1, -0.05) is 30.3 Å². The minimum Gasteiger partial charge on any atom is -0.492 e. The lowest BCUT2D eigenvalue weighted by Crippen LogP contribution is -2.11. The lowest BCUT2D eigenvalue weighted by Gasteiger charge is -2.08. The minimum absolute atomic E-state index is 0.469. The van der Waals surface area contributed by atoms with Crippen LogP contribution in [0.1, 0.15) is 0 Å². The molecule has 0 saturated carbocycles. The van der Waals surface area contributed by atoms with E-state index < -0.39 is 0 Å². The van der Waals surface area contributed by atoms with Crippen LogP contribution >= 0.6 is 0 Å². The van der Waals surface area contributed by atoms with Crippen molar-refractivity contribution in [1.29, 1.82) is 0 Å². The highest BCUT2D eigenvalue weighted by atomic mass is 16.5. The standard InChI is InChI=1S/C16H16N4O/c17-10-11-21-15-9-5-4-8-14(15)16-18-12-20(19-16)13-6-2-1-3-7-13/h1-9,12H,10-11,17H2. The number of hydrogen-bond acceptors (Lipinski definition) is 4. The van der Waals surface area contributed by atoms with Crippen molar-refractivity contribution in [3.8, 4) is 22.8 Å². The lowest BCUT2D eigenvalue weighted by molar-refractivity contribution is 0.329. The molecule has 3 rings (SSSR count). The second-order valence-electron chi connectivity index (χ2n) is 4.48. The Balaban J connectivity index is 1.93. The summed E-state index contributed by atoms with van der Waals surface area (Å²) in [6.45, 7) is 0.941. The van der Waals surface area contributed by atoms with Gasteiger partial charge in [0.15, 0.2) is 5.82 Å². The smallest absolute Gasteiger partial charge is 0.185 e. The maximum atomic E-state index is 5.64. The van der Waals surface area contributed by atoms with Crippen LogP contribution in [0, 0.1) is 0 Å². The van der Waals surface area contributed by atoms with Crippen LogP contribution in [-0.2, 0) is 0 Å². The van der Waals surface area contributed by atoms with Crippen LogP contribution in [0.5, 0.6) is 5.75 Å². The Morgan fingerprint density at radius 1 is 1.00 bits per heavy atom. The zero-order valence-corrected chi connectivity index (χ0v) is 11.5. The van der Waals surface area contributed by atoms with Crippen molar-refractivity contribution in [1.82, 2.24) is 14.8 Å². The quantitative estimate of drug-likeness (QED) is 0.778. The lowest BCUT2D eigenvalue weighted by atomic mass is 10.2.